The molecule has 0 saturated carbocycles. The molecule has 0 fully saturated rings. The third kappa shape index (κ3) is 4.96. The first-order valence-corrected chi connectivity index (χ1v) is 10.9. The number of nitrogens with zero attached hydrogens (tertiary/aromatic N) is 1. The average molecular weight is 500 g/mol. The molecule has 3 aromatic rings. The standard InChI is InChI=1S/C24H22BrNO6/c1-15-11-19(20(27)14-30-24(28)10-8-17-7-9-23(25)32-17)16(2)26(15)12-18-13-29-21-5-3-4-6-22(21)31-18/h3-11,18H,12-14H2,1-2H3/b10-8+/t18-/m1/s1. The number of rotatable bonds is 7. The Labute approximate surface area is 193 Å². The number of aromatic nitrogens is 1. The SMILES string of the molecule is Cc1cc(C(=O)COC(=O)/C=C/c2ccc(Br)o2)c(C)n1C[C@@H]1COc2ccccc2O1. The lowest BCUT2D eigenvalue weighted by Crippen LogP contribution is -2.33. The van der Waals surface area contributed by atoms with Gasteiger partial charge < -0.3 is 23.2 Å². The largest absolute Gasteiger partial charge is 0.486 e. The van der Waals surface area contributed by atoms with Crippen LogP contribution in [0.15, 0.2) is 57.6 Å². The van der Waals surface area contributed by atoms with Crippen molar-refractivity contribution in [2.75, 3.05) is 13.2 Å². The summed E-state index contributed by atoms with van der Waals surface area (Å²) in [5.74, 6) is 1.06. The lowest BCUT2D eigenvalue weighted by molar-refractivity contribution is -0.136. The van der Waals surface area contributed by atoms with Gasteiger partial charge >= 0.3 is 5.97 Å². The Balaban J connectivity index is 1.36. The lowest BCUT2D eigenvalue weighted by atomic mass is 10.1. The number of Topliss-reactive ketones (excluding diaryl/α,β-unsaturated/α-hetero) is 1. The highest BCUT2D eigenvalue weighted by Gasteiger charge is 2.24. The van der Waals surface area contributed by atoms with Crippen molar-refractivity contribution >= 4 is 33.8 Å². The van der Waals surface area contributed by atoms with E-state index in [1.54, 1.807) is 18.2 Å². The van der Waals surface area contributed by atoms with Crippen molar-refractivity contribution in [3.05, 3.63) is 75.9 Å². The second-order valence-corrected chi connectivity index (χ2v) is 8.18. The van der Waals surface area contributed by atoms with Gasteiger partial charge in [-0.2, -0.15) is 0 Å². The van der Waals surface area contributed by atoms with Gasteiger partial charge in [0.05, 0.1) is 6.54 Å². The monoisotopic (exact) mass is 499 g/mol. The van der Waals surface area contributed by atoms with Crippen LogP contribution in [0.5, 0.6) is 11.5 Å². The smallest absolute Gasteiger partial charge is 0.331 e. The molecule has 0 radical (unpaired) electrons. The van der Waals surface area contributed by atoms with Crippen molar-refractivity contribution in [2.45, 2.75) is 26.5 Å². The minimum Gasteiger partial charge on any atom is -0.486 e. The molecular formula is C24H22BrNO6. The van der Waals surface area contributed by atoms with Crippen LogP contribution < -0.4 is 9.47 Å². The molecule has 32 heavy (non-hydrogen) atoms. The molecular weight excluding hydrogens is 478 g/mol. The van der Waals surface area contributed by atoms with E-state index in [4.69, 9.17) is 18.6 Å². The van der Waals surface area contributed by atoms with Gasteiger partial charge in [0.2, 0.25) is 5.78 Å². The maximum Gasteiger partial charge on any atom is 0.331 e. The Morgan fingerprint density at radius 1 is 1.19 bits per heavy atom. The fourth-order valence-corrected chi connectivity index (χ4v) is 3.87. The van der Waals surface area contributed by atoms with Crippen molar-refractivity contribution in [3.63, 3.8) is 0 Å². The molecule has 1 aromatic carbocycles. The van der Waals surface area contributed by atoms with E-state index in [0.29, 0.717) is 34.9 Å². The van der Waals surface area contributed by atoms with Crippen LogP contribution in [-0.4, -0.2) is 35.6 Å². The normalized spacial score (nSPS) is 15.2. The first-order chi connectivity index (χ1) is 15.4. The van der Waals surface area contributed by atoms with Gasteiger partial charge in [0.15, 0.2) is 28.9 Å². The summed E-state index contributed by atoms with van der Waals surface area (Å²) in [5, 5.41) is 0. The number of hydrogen-bond acceptors (Lipinski definition) is 6. The third-order valence-electron chi connectivity index (χ3n) is 5.15. The number of carbonyl (C=O) groups excluding carboxylic acids is 2. The number of ketones is 1. The number of fused-ring (bicyclic) bond motifs is 1. The minimum atomic E-state index is -0.619. The zero-order chi connectivity index (χ0) is 22.7. The number of furan rings is 1. The van der Waals surface area contributed by atoms with Gasteiger partial charge in [-0.15, -0.1) is 0 Å². The van der Waals surface area contributed by atoms with E-state index in [9.17, 15) is 9.59 Å². The molecule has 0 aliphatic carbocycles. The zero-order valence-electron chi connectivity index (χ0n) is 17.7. The molecule has 4 rings (SSSR count). The summed E-state index contributed by atoms with van der Waals surface area (Å²) in [6, 6.07) is 12.8. The van der Waals surface area contributed by atoms with Crippen molar-refractivity contribution in [3.8, 4) is 11.5 Å². The number of hydrogen-bond donors (Lipinski definition) is 0. The average Bonchev–Trinajstić information content (AvgIpc) is 3.33. The van der Waals surface area contributed by atoms with Crippen LogP contribution >= 0.6 is 15.9 Å². The summed E-state index contributed by atoms with van der Waals surface area (Å²) in [6.07, 6.45) is 2.52. The molecule has 1 aliphatic rings. The quantitative estimate of drug-likeness (QED) is 0.265. The van der Waals surface area contributed by atoms with Gasteiger partial charge in [-0.05, 0) is 66.2 Å². The van der Waals surface area contributed by atoms with E-state index in [1.165, 1.54) is 12.2 Å². The predicted molar refractivity (Wildman–Crippen MR) is 121 cm³/mol. The number of aryl methyl sites for hydroxylation is 1. The van der Waals surface area contributed by atoms with Gasteiger partial charge in [0, 0.05) is 23.0 Å². The highest BCUT2D eigenvalue weighted by Crippen LogP contribution is 2.31. The zero-order valence-corrected chi connectivity index (χ0v) is 19.3. The summed E-state index contributed by atoms with van der Waals surface area (Å²) >= 11 is 3.19. The van der Waals surface area contributed by atoms with Crippen molar-refractivity contribution in [2.24, 2.45) is 0 Å². The fourth-order valence-electron chi connectivity index (χ4n) is 3.55. The van der Waals surface area contributed by atoms with Crippen LogP contribution in [0.25, 0.3) is 6.08 Å². The second kappa shape index (κ2) is 9.48. The summed E-state index contributed by atoms with van der Waals surface area (Å²) in [6.45, 7) is 4.42. The summed E-state index contributed by atoms with van der Waals surface area (Å²) in [5.41, 5.74) is 2.23. The van der Waals surface area contributed by atoms with Crippen molar-refractivity contribution in [1.82, 2.24) is 4.57 Å². The summed E-state index contributed by atoms with van der Waals surface area (Å²) in [4.78, 5) is 24.6. The van der Waals surface area contributed by atoms with Gasteiger partial charge in [0.1, 0.15) is 12.4 Å². The lowest BCUT2D eigenvalue weighted by Gasteiger charge is -2.27. The van der Waals surface area contributed by atoms with Crippen LogP contribution in [0, 0.1) is 13.8 Å². The Kier molecular flexibility index (Phi) is 6.50. The van der Waals surface area contributed by atoms with E-state index < -0.39 is 5.97 Å². The number of benzene rings is 1. The van der Waals surface area contributed by atoms with E-state index in [-0.39, 0.29) is 18.5 Å². The molecule has 166 valence electrons. The molecule has 1 atom stereocenters. The number of para-hydroxylation sites is 2. The topological polar surface area (TPSA) is 79.9 Å². The van der Waals surface area contributed by atoms with Crippen LogP contribution in [0.2, 0.25) is 0 Å². The van der Waals surface area contributed by atoms with Gasteiger partial charge in [-0.3, -0.25) is 4.79 Å². The molecule has 0 N–H and O–H groups in total. The van der Waals surface area contributed by atoms with Crippen LogP contribution in [-0.2, 0) is 16.1 Å². The number of ether oxygens (including phenoxy) is 3. The number of halogens is 1. The van der Waals surface area contributed by atoms with Crippen molar-refractivity contribution < 1.29 is 28.2 Å². The summed E-state index contributed by atoms with van der Waals surface area (Å²) in [7, 11) is 0. The molecule has 0 saturated heterocycles. The Morgan fingerprint density at radius 2 is 1.97 bits per heavy atom. The molecule has 2 aromatic heterocycles. The molecule has 0 spiro atoms. The van der Waals surface area contributed by atoms with Gasteiger partial charge in [-0.1, -0.05) is 12.1 Å². The molecule has 1 aliphatic heterocycles. The van der Waals surface area contributed by atoms with Gasteiger partial charge in [0.25, 0.3) is 0 Å². The maximum atomic E-state index is 12.7. The van der Waals surface area contributed by atoms with Crippen LogP contribution in [0.3, 0.4) is 0 Å². The maximum absolute atomic E-state index is 12.7. The molecule has 3 heterocycles. The Hall–Kier alpha value is -3.26. The van der Waals surface area contributed by atoms with E-state index >= 15 is 0 Å². The second-order valence-electron chi connectivity index (χ2n) is 7.40. The minimum absolute atomic E-state index is 0.178. The van der Waals surface area contributed by atoms with Crippen LogP contribution in [0.1, 0.15) is 27.5 Å². The number of esters is 1. The Bertz CT molecular complexity index is 1180. The van der Waals surface area contributed by atoms with E-state index in [2.05, 4.69) is 15.9 Å². The highest BCUT2D eigenvalue weighted by molar-refractivity contribution is 9.10. The van der Waals surface area contributed by atoms with Crippen molar-refractivity contribution in [1.29, 1.82) is 0 Å². The van der Waals surface area contributed by atoms with Gasteiger partial charge in [-0.25, -0.2) is 4.79 Å². The number of carbonyl (C=O) groups is 2. The van der Waals surface area contributed by atoms with Crippen LogP contribution in [0.4, 0.5) is 0 Å². The first kappa shape index (κ1) is 22.0. The fraction of sp³-hybridized carbons (Fsp3) is 0.250. The molecule has 8 heteroatoms. The summed E-state index contributed by atoms with van der Waals surface area (Å²) < 4.78 is 24.8. The predicted octanol–water partition coefficient (Wildman–Crippen LogP) is 4.74. The molecule has 0 unspecified atom stereocenters. The third-order valence-corrected chi connectivity index (χ3v) is 5.58. The van der Waals surface area contributed by atoms with E-state index in [0.717, 1.165) is 17.1 Å². The molecule has 7 nitrogen and oxygen atoms in total. The molecule has 0 amide bonds. The Morgan fingerprint density at radius 3 is 2.72 bits per heavy atom. The molecule has 0 bridgehead atoms. The van der Waals surface area contributed by atoms with E-state index in [1.807, 2.05) is 42.7 Å². The highest BCUT2D eigenvalue weighted by atomic mass is 79.9. The first-order valence-electron chi connectivity index (χ1n) is 10.1.